The Hall–Kier alpha value is -2.91. The molecule has 146 valence electrons. The van der Waals surface area contributed by atoms with Gasteiger partial charge in [0.15, 0.2) is 0 Å². The smallest absolute Gasteiger partial charge is 0.416 e. The summed E-state index contributed by atoms with van der Waals surface area (Å²) in [6, 6.07) is 4.79. The number of ether oxygens (including phenoxy) is 2. The predicted molar refractivity (Wildman–Crippen MR) is 83.9 cm³/mol. The predicted octanol–water partition coefficient (Wildman–Crippen LogP) is 4.99. The maximum atomic E-state index is 12.9. The first-order valence-electron chi connectivity index (χ1n) is 7.28. The molecule has 0 spiro atoms. The highest BCUT2D eigenvalue weighted by Gasteiger charge is 2.37. The van der Waals surface area contributed by atoms with Crippen LogP contribution in [0, 0.1) is 0 Å². The molecule has 0 aliphatic heterocycles. The maximum Gasteiger partial charge on any atom is 0.416 e. The van der Waals surface area contributed by atoms with Gasteiger partial charge in [-0.15, -0.1) is 0 Å². The average molecular weight is 393 g/mol. The molecule has 0 saturated heterocycles. The standard InChI is InChI=1S/C17H13F6NO3/c1-26-13-3-9(4-14(8-13)27-2)15(25)24-12-6-10(16(18,19)20)5-11(7-12)17(21,22)23/h3-8H,1-2H3,(H,24,25). The van der Waals surface area contributed by atoms with Crippen LogP contribution >= 0.6 is 0 Å². The summed E-state index contributed by atoms with van der Waals surface area (Å²) in [5.74, 6) is -0.487. The van der Waals surface area contributed by atoms with Crippen molar-refractivity contribution < 1.29 is 40.6 Å². The van der Waals surface area contributed by atoms with E-state index in [0.717, 1.165) is 0 Å². The molecule has 0 heterocycles. The molecular formula is C17H13F6NO3. The second kappa shape index (κ2) is 7.37. The number of hydrogen-bond acceptors (Lipinski definition) is 3. The third kappa shape index (κ3) is 5.05. The molecule has 0 radical (unpaired) electrons. The van der Waals surface area contributed by atoms with Gasteiger partial charge in [0.25, 0.3) is 5.91 Å². The summed E-state index contributed by atoms with van der Waals surface area (Å²) in [4.78, 5) is 12.3. The number of hydrogen-bond donors (Lipinski definition) is 1. The number of carbonyl (C=O) groups excluding carboxylic acids is 1. The Kier molecular flexibility index (Phi) is 5.57. The van der Waals surface area contributed by atoms with Crippen LogP contribution in [0.3, 0.4) is 0 Å². The van der Waals surface area contributed by atoms with Gasteiger partial charge < -0.3 is 14.8 Å². The Bertz CT molecular complexity index is 791. The molecule has 0 aliphatic rings. The number of halogens is 6. The Morgan fingerprint density at radius 1 is 0.778 bits per heavy atom. The molecule has 0 saturated carbocycles. The van der Waals surface area contributed by atoms with Gasteiger partial charge in [-0.1, -0.05) is 0 Å². The molecule has 2 aromatic carbocycles. The van der Waals surface area contributed by atoms with Gasteiger partial charge in [-0.05, 0) is 30.3 Å². The van der Waals surface area contributed by atoms with Gasteiger partial charge in [-0.2, -0.15) is 26.3 Å². The number of amides is 1. The van der Waals surface area contributed by atoms with Crippen LogP contribution in [0.5, 0.6) is 11.5 Å². The molecule has 0 aliphatic carbocycles. The van der Waals surface area contributed by atoms with Crippen LogP contribution in [0.4, 0.5) is 32.0 Å². The van der Waals surface area contributed by atoms with E-state index in [1.165, 1.54) is 32.4 Å². The van der Waals surface area contributed by atoms with Crippen LogP contribution in [0.15, 0.2) is 36.4 Å². The maximum absolute atomic E-state index is 12.9. The van der Waals surface area contributed by atoms with E-state index in [2.05, 4.69) is 0 Å². The second-order valence-electron chi connectivity index (χ2n) is 5.35. The number of carbonyl (C=O) groups is 1. The Labute approximate surface area is 149 Å². The van der Waals surface area contributed by atoms with Crippen molar-refractivity contribution in [1.29, 1.82) is 0 Å². The van der Waals surface area contributed by atoms with Crippen LogP contribution in [-0.2, 0) is 12.4 Å². The first kappa shape index (κ1) is 20.4. The Balaban J connectivity index is 2.43. The monoisotopic (exact) mass is 393 g/mol. The topological polar surface area (TPSA) is 47.6 Å². The molecule has 0 aromatic heterocycles. The lowest BCUT2D eigenvalue weighted by Crippen LogP contribution is -2.16. The highest BCUT2D eigenvalue weighted by Crippen LogP contribution is 2.37. The van der Waals surface area contributed by atoms with Crippen LogP contribution in [-0.4, -0.2) is 20.1 Å². The van der Waals surface area contributed by atoms with Gasteiger partial charge >= 0.3 is 12.4 Å². The molecule has 0 bridgehead atoms. The van der Waals surface area contributed by atoms with E-state index in [0.29, 0.717) is 12.1 Å². The van der Waals surface area contributed by atoms with Crippen molar-refractivity contribution in [2.75, 3.05) is 19.5 Å². The summed E-state index contributed by atoms with van der Waals surface area (Å²) >= 11 is 0. The number of rotatable bonds is 4. The fourth-order valence-corrected chi connectivity index (χ4v) is 2.17. The molecule has 0 atom stereocenters. The Morgan fingerprint density at radius 3 is 1.59 bits per heavy atom. The Morgan fingerprint density at radius 2 is 1.22 bits per heavy atom. The number of benzene rings is 2. The summed E-state index contributed by atoms with van der Waals surface area (Å²) in [5.41, 5.74) is -3.78. The van der Waals surface area contributed by atoms with E-state index < -0.39 is 35.1 Å². The lowest BCUT2D eigenvalue weighted by molar-refractivity contribution is -0.143. The van der Waals surface area contributed by atoms with Gasteiger partial charge in [-0.25, -0.2) is 0 Å². The van der Waals surface area contributed by atoms with E-state index >= 15 is 0 Å². The van der Waals surface area contributed by atoms with Crippen molar-refractivity contribution in [3.05, 3.63) is 53.1 Å². The molecule has 1 amide bonds. The van der Waals surface area contributed by atoms with Gasteiger partial charge in [0.2, 0.25) is 0 Å². The van der Waals surface area contributed by atoms with Crippen LogP contribution in [0.1, 0.15) is 21.5 Å². The quantitative estimate of drug-likeness (QED) is 0.745. The van der Waals surface area contributed by atoms with Gasteiger partial charge in [0.05, 0.1) is 25.3 Å². The van der Waals surface area contributed by atoms with Crippen molar-refractivity contribution >= 4 is 11.6 Å². The number of alkyl halides is 6. The van der Waals surface area contributed by atoms with Crippen LogP contribution in [0.25, 0.3) is 0 Å². The van der Waals surface area contributed by atoms with Crippen molar-refractivity contribution in [3.8, 4) is 11.5 Å². The summed E-state index contributed by atoms with van der Waals surface area (Å²) in [5, 5.41) is 2.04. The molecular weight excluding hydrogens is 380 g/mol. The van der Waals surface area contributed by atoms with Gasteiger partial charge in [0.1, 0.15) is 11.5 Å². The first-order valence-corrected chi connectivity index (χ1v) is 7.28. The molecule has 1 N–H and O–H groups in total. The molecule has 2 aromatic rings. The molecule has 4 nitrogen and oxygen atoms in total. The fourth-order valence-electron chi connectivity index (χ4n) is 2.17. The minimum atomic E-state index is -5.01. The summed E-state index contributed by atoms with van der Waals surface area (Å²) in [7, 11) is 2.64. The zero-order valence-corrected chi connectivity index (χ0v) is 14.0. The second-order valence-corrected chi connectivity index (χ2v) is 5.35. The molecule has 0 unspecified atom stereocenters. The first-order chi connectivity index (χ1) is 12.4. The van der Waals surface area contributed by atoms with Crippen molar-refractivity contribution in [2.45, 2.75) is 12.4 Å². The molecule has 0 fully saturated rings. The number of anilines is 1. The number of nitrogens with one attached hydrogen (secondary N) is 1. The van der Waals surface area contributed by atoms with Crippen molar-refractivity contribution in [1.82, 2.24) is 0 Å². The van der Waals surface area contributed by atoms with E-state index in [4.69, 9.17) is 9.47 Å². The number of methoxy groups -OCH3 is 2. The van der Waals surface area contributed by atoms with Crippen molar-refractivity contribution in [2.24, 2.45) is 0 Å². The lowest BCUT2D eigenvalue weighted by Gasteiger charge is -2.15. The van der Waals surface area contributed by atoms with Crippen LogP contribution in [0.2, 0.25) is 0 Å². The highest BCUT2D eigenvalue weighted by atomic mass is 19.4. The lowest BCUT2D eigenvalue weighted by atomic mass is 10.1. The zero-order valence-electron chi connectivity index (χ0n) is 14.0. The zero-order chi connectivity index (χ0) is 20.4. The normalized spacial score (nSPS) is 11.9. The van der Waals surface area contributed by atoms with Crippen LogP contribution < -0.4 is 14.8 Å². The third-order valence-electron chi connectivity index (χ3n) is 3.46. The molecule has 2 rings (SSSR count). The SMILES string of the molecule is COc1cc(OC)cc(C(=O)Nc2cc(C(F)(F)F)cc(C(F)(F)F)c2)c1. The van der Waals surface area contributed by atoms with E-state index in [1.807, 2.05) is 5.32 Å². The van der Waals surface area contributed by atoms with E-state index in [1.54, 1.807) is 0 Å². The summed E-state index contributed by atoms with van der Waals surface area (Å²) in [6.07, 6.45) is -10.0. The molecule has 10 heteroatoms. The van der Waals surface area contributed by atoms with Crippen molar-refractivity contribution in [3.63, 3.8) is 0 Å². The average Bonchev–Trinajstić information content (AvgIpc) is 2.59. The summed E-state index contributed by atoms with van der Waals surface area (Å²) < 4.78 is 87.2. The van der Waals surface area contributed by atoms with E-state index in [9.17, 15) is 31.1 Å². The summed E-state index contributed by atoms with van der Waals surface area (Å²) in [6.45, 7) is 0. The third-order valence-corrected chi connectivity index (χ3v) is 3.46. The van der Waals surface area contributed by atoms with E-state index in [-0.39, 0.29) is 23.1 Å². The van der Waals surface area contributed by atoms with Gasteiger partial charge in [-0.3, -0.25) is 4.79 Å². The fraction of sp³-hybridized carbons (Fsp3) is 0.235. The highest BCUT2D eigenvalue weighted by molar-refractivity contribution is 6.04. The minimum Gasteiger partial charge on any atom is -0.497 e. The molecule has 27 heavy (non-hydrogen) atoms. The van der Waals surface area contributed by atoms with Gasteiger partial charge in [0, 0.05) is 17.3 Å². The largest absolute Gasteiger partial charge is 0.497 e. The minimum absolute atomic E-state index is 0.0236.